The Labute approximate surface area is 68.4 Å². The molecule has 0 amide bonds. The Morgan fingerprint density at radius 1 is 1.44 bits per heavy atom. The van der Waals surface area contributed by atoms with E-state index in [2.05, 4.69) is 20.8 Å². The van der Waals surface area contributed by atoms with Crippen molar-refractivity contribution in [3.05, 3.63) is 0 Å². The monoisotopic (exact) mass is 171 g/mol. The van der Waals surface area contributed by atoms with Gasteiger partial charge in [-0.05, 0) is 5.41 Å². The third-order valence-corrected chi connectivity index (χ3v) is 1.98. The van der Waals surface area contributed by atoms with Crippen LogP contribution in [0, 0.1) is 5.41 Å². The molecule has 2 N–H and O–H groups in total. The van der Waals surface area contributed by atoms with Crippen molar-refractivity contribution in [1.82, 2.24) is 0 Å². The summed E-state index contributed by atoms with van der Waals surface area (Å²) in [7, 11) is 0. The molecular formula is C6H15Cl2N. The van der Waals surface area contributed by atoms with Gasteiger partial charge in [-0.1, -0.05) is 20.8 Å². The summed E-state index contributed by atoms with van der Waals surface area (Å²) < 4.78 is 0. The van der Waals surface area contributed by atoms with Gasteiger partial charge in [-0.3, -0.25) is 0 Å². The smallest absolute Gasteiger partial charge is 0.0506 e. The van der Waals surface area contributed by atoms with E-state index in [9.17, 15) is 0 Å². The van der Waals surface area contributed by atoms with E-state index in [0.29, 0.717) is 6.54 Å². The van der Waals surface area contributed by atoms with Crippen molar-refractivity contribution < 1.29 is 0 Å². The first kappa shape index (κ1) is 12.2. The number of alkyl halides is 1. The SMILES string of the molecule is CC(C)(C)C(Cl)CN.Cl. The highest BCUT2D eigenvalue weighted by atomic mass is 35.5. The van der Waals surface area contributed by atoms with Gasteiger partial charge in [0.05, 0.1) is 5.38 Å². The molecule has 3 heteroatoms. The van der Waals surface area contributed by atoms with Gasteiger partial charge in [0.1, 0.15) is 0 Å². The van der Waals surface area contributed by atoms with Gasteiger partial charge in [0.2, 0.25) is 0 Å². The molecule has 9 heavy (non-hydrogen) atoms. The average molecular weight is 172 g/mol. The fourth-order valence-corrected chi connectivity index (χ4v) is 0.354. The highest BCUT2D eigenvalue weighted by Gasteiger charge is 2.19. The maximum Gasteiger partial charge on any atom is 0.0506 e. The zero-order chi connectivity index (χ0) is 6.78. The van der Waals surface area contributed by atoms with Crippen molar-refractivity contribution in [1.29, 1.82) is 0 Å². The molecule has 0 saturated heterocycles. The summed E-state index contributed by atoms with van der Waals surface area (Å²) in [5.41, 5.74) is 5.48. The van der Waals surface area contributed by atoms with Gasteiger partial charge < -0.3 is 5.73 Å². The van der Waals surface area contributed by atoms with E-state index in [0.717, 1.165) is 0 Å². The predicted octanol–water partition coefficient (Wildman–Crippen LogP) is 2.02. The number of nitrogens with two attached hydrogens (primary N) is 1. The third-order valence-electron chi connectivity index (χ3n) is 1.15. The van der Waals surface area contributed by atoms with Crippen molar-refractivity contribution in [3.8, 4) is 0 Å². The number of halogens is 2. The minimum atomic E-state index is 0. The molecule has 0 aliphatic heterocycles. The Balaban J connectivity index is 0. The standard InChI is InChI=1S/C6H14ClN.ClH/c1-6(2,3)5(7)4-8;/h5H,4,8H2,1-3H3;1H. The minimum Gasteiger partial charge on any atom is -0.329 e. The van der Waals surface area contributed by atoms with Gasteiger partial charge in [-0.25, -0.2) is 0 Å². The molecule has 0 spiro atoms. The van der Waals surface area contributed by atoms with Crippen LogP contribution < -0.4 is 5.73 Å². The maximum atomic E-state index is 5.82. The van der Waals surface area contributed by atoms with Crippen LogP contribution in [0.5, 0.6) is 0 Å². The molecule has 58 valence electrons. The van der Waals surface area contributed by atoms with E-state index in [1.807, 2.05) is 0 Å². The highest BCUT2D eigenvalue weighted by Crippen LogP contribution is 2.22. The zero-order valence-corrected chi connectivity index (χ0v) is 7.72. The van der Waals surface area contributed by atoms with Crippen LogP contribution in [0.1, 0.15) is 20.8 Å². The van der Waals surface area contributed by atoms with Gasteiger partial charge in [0, 0.05) is 6.54 Å². The Hall–Kier alpha value is 0.540. The lowest BCUT2D eigenvalue weighted by molar-refractivity contribution is 0.393. The van der Waals surface area contributed by atoms with Crippen LogP contribution in [0.4, 0.5) is 0 Å². The summed E-state index contributed by atoms with van der Waals surface area (Å²) in [6, 6.07) is 0. The lowest BCUT2D eigenvalue weighted by Crippen LogP contribution is -2.28. The van der Waals surface area contributed by atoms with Gasteiger partial charge >= 0.3 is 0 Å². The van der Waals surface area contributed by atoms with Crippen LogP contribution in [0.2, 0.25) is 0 Å². The first-order chi connectivity index (χ1) is 3.48. The van der Waals surface area contributed by atoms with Crippen LogP contribution in [-0.2, 0) is 0 Å². The Bertz CT molecular complexity index is 67.9. The first-order valence-electron chi connectivity index (χ1n) is 2.82. The first-order valence-corrected chi connectivity index (χ1v) is 3.26. The second-order valence-electron chi connectivity index (χ2n) is 3.07. The van der Waals surface area contributed by atoms with Crippen molar-refractivity contribution in [3.63, 3.8) is 0 Å². The molecule has 1 unspecified atom stereocenters. The second-order valence-corrected chi connectivity index (χ2v) is 3.60. The predicted molar refractivity (Wildman–Crippen MR) is 45.4 cm³/mol. The zero-order valence-electron chi connectivity index (χ0n) is 6.15. The summed E-state index contributed by atoms with van der Waals surface area (Å²) >= 11 is 5.82. The Morgan fingerprint density at radius 3 is 1.78 bits per heavy atom. The largest absolute Gasteiger partial charge is 0.329 e. The van der Waals surface area contributed by atoms with Crippen molar-refractivity contribution in [2.24, 2.45) is 11.1 Å². The Kier molecular flexibility index (Phi) is 5.94. The average Bonchev–Trinajstić information content (AvgIpc) is 1.62. The number of hydrogen-bond acceptors (Lipinski definition) is 1. The molecule has 0 bridgehead atoms. The summed E-state index contributed by atoms with van der Waals surface area (Å²) in [4.78, 5) is 0. The van der Waals surface area contributed by atoms with Crippen LogP contribution in [0.15, 0.2) is 0 Å². The third kappa shape index (κ3) is 5.01. The molecule has 0 fully saturated rings. The molecule has 0 heterocycles. The highest BCUT2D eigenvalue weighted by molar-refractivity contribution is 6.21. The molecule has 1 atom stereocenters. The van der Waals surface area contributed by atoms with Crippen molar-refractivity contribution in [2.75, 3.05) is 6.54 Å². The van der Waals surface area contributed by atoms with E-state index >= 15 is 0 Å². The van der Waals surface area contributed by atoms with Crippen LogP contribution >= 0.6 is 24.0 Å². The molecule has 0 saturated carbocycles. The number of hydrogen-bond donors (Lipinski definition) is 1. The molecule has 1 nitrogen and oxygen atoms in total. The fraction of sp³-hybridized carbons (Fsp3) is 1.00. The van der Waals surface area contributed by atoms with E-state index in [1.54, 1.807) is 0 Å². The summed E-state index contributed by atoms with van der Waals surface area (Å²) in [6.07, 6.45) is 0. The lowest BCUT2D eigenvalue weighted by Gasteiger charge is -2.23. The summed E-state index contributed by atoms with van der Waals surface area (Å²) in [6.45, 7) is 6.80. The number of rotatable bonds is 1. The Morgan fingerprint density at radius 2 is 1.78 bits per heavy atom. The van der Waals surface area contributed by atoms with Gasteiger partial charge in [0.25, 0.3) is 0 Å². The van der Waals surface area contributed by atoms with Crippen LogP contribution in [-0.4, -0.2) is 11.9 Å². The van der Waals surface area contributed by atoms with E-state index in [-0.39, 0.29) is 23.2 Å². The van der Waals surface area contributed by atoms with Gasteiger partial charge in [0.15, 0.2) is 0 Å². The van der Waals surface area contributed by atoms with Gasteiger partial charge in [-0.15, -0.1) is 24.0 Å². The van der Waals surface area contributed by atoms with Gasteiger partial charge in [-0.2, -0.15) is 0 Å². The molecule has 0 aromatic heterocycles. The second kappa shape index (κ2) is 4.37. The maximum absolute atomic E-state index is 5.82. The quantitative estimate of drug-likeness (QED) is 0.601. The normalized spacial score (nSPS) is 14.3. The molecule has 0 rings (SSSR count). The lowest BCUT2D eigenvalue weighted by atomic mass is 9.92. The minimum absolute atomic E-state index is 0. The molecule has 0 aromatic carbocycles. The molecule has 0 radical (unpaired) electrons. The van der Waals surface area contributed by atoms with Crippen LogP contribution in [0.25, 0.3) is 0 Å². The van der Waals surface area contributed by atoms with E-state index in [4.69, 9.17) is 17.3 Å². The summed E-state index contributed by atoms with van der Waals surface area (Å²) in [5.74, 6) is 0. The van der Waals surface area contributed by atoms with E-state index in [1.165, 1.54) is 0 Å². The van der Waals surface area contributed by atoms with Crippen LogP contribution in [0.3, 0.4) is 0 Å². The molecule has 0 aliphatic rings. The summed E-state index contributed by atoms with van der Waals surface area (Å²) in [5, 5.41) is 0.0995. The topological polar surface area (TPSA) is 26.0 Å². The molecular weight excluding hydrogens is 157 g/mol. The van der Waals surface area contributed by atoms with Crippen molar-refractivity contribution >= 4 is 24.0 Å². The van der Waals surface area contributed by atoms with E-state index < -0.39 is 0 Å². The molecule has 0 aliphatic carbocycles. The van der Waals surface area contributed by atoms with Crippen molar-refractivity contribution in [2.45, 2.75) is 26.1 Å². The molecule has 0 aromatic rings. The fourth-order valence-electron chi connectivity index (χ4n) is 0.354.